The highest BCUT2D eigenvalue weighted by Gasteiger charge is 2.13. The molecule has 14 heavy (non-hydrogen) atoms. The minimum Gasteiger partial charge on any atom is -0.453 e. The van der Waals surface area contributed by atoms with E-state index in [2.05, 4.69) is 4.74 Å². The summed E-state index contributed by atoms with van der Waals surface area (Å²) in [5.74, 6) is -0.296. The topological polar surface area (TPSA) is 75.6 Å². The Labute approximate surface area is 87.2 Å². The Morgan fingerprint density at radius 3 is 2.50 bits per heavy atom. The predicted molar refractivity (Wildman–Crippen MR) is 54.1 cm³/mol. The summed E-state index contributed by atoms with van der Waals surface area (Å²) in [7, 11) is 1.19. The fraction of sp³-hybridized carbons (Fsp3) is 0.750. The monoisotopic (exact) mass is 221 g/mol. The van der Waals surface area contributed by atoms with Crippen molar-refractivity contribution in [2.75, 3.05) is 12.9 Å². The van der Waals surface area contributed by atoms with Crippen LogP contribution in [0.1, 0.15) is 13.8 Å². The molecule has 5 nitrogen and oxygen atoms in total. The minimum absolute atomic E-state index is 0.0432. The van der Waals surface area contributed by atoms with Gasteiger partial charge in [-0.2, -0.15) is 0 Å². The van der Waals surface area contributed by atoms with Crippen LogP contribution in [0.15, 0.2) is 0 Å². The van der Waals surface area contributed by atoms with Crippen molar-refractivity contribution in [2.45, 2.75) is 25.2 Å². The lowest BCUT2D eigenvalue weighted by Crippen LogP contribution is -2.32. The third-order valence-corrected chi connectivity index (χ3v) is 2.93. The summed E-state index contributed by atoms with van der Waals surface area (Å²) in [6.07, 6.45) is -1.24. The second kappa shape index (κ2) is 6.67. The van der Waals surface area contributed by atoms with Gasteiger partial charge in [-0.3, -0.25) is 10.1 Å². The molecule has 0 aromatic rings. The zero-order valence-electron chi connectivity index (χ0n) is 8.44. The van der Waals surface area contributed by atoms with E-state index in [0.29, 0.717) is 0 Å². The van der Waals surface area contributed by atoms with E-state index in [4.69, 9.17) is 5.11 Å². The molecule has 6 heteroatoms. The van der Waals surface area contributed by atoms with Gasteiger partial charge in [0, 0.05) is 5.25 Å². The number of rotatable bonds is 4. The number of imide groups is 1. The number of hydrogen-bond donors (Lipinski definition) is 2. The van der Waals surface area contributed by atoms with Gasteiger partial charge in [0.25, 0.3) is 0 Å². The van der Waals surface area contributed by atoms with Crippen molar-refractivity contribution in [2.24, 2.45) is 0 Å². The zero-order chi connectivity index (χ0) is 11.1. The number of alkyl carbamates (subject to hydrolysis) is 1. The maximum absolute atomic E-state index is 11.0. The second-order valence-corrected chi connectivity index (χ2v) is 4.16. The Morgan fingerprint density at radius 2 is 2.07 bits per heavy atom. The number of hydrogen-bond acceptors (Lipinski definition) is 5. The van der Waals surface area contributed by atoms with Crippen molar-refractivity contribution in [3.05, 3.63) is 0 Å². The van der Waals surface area contributed by atoms with Gasteiger partial charge in [-0.25, -0.2) is 4.79 Å². The van der Waals surface area contributed by atoms with Crippen LogP contribution < -0.4 is 5.32 Å². The lowest BCUT2D eigenvalue weighted by Gasteiger charge is -2.13. The lowest BCUT2D eigenvalue weighted by molar-refractivity contribution is -0.117. The maximum Gasteiger partial charge on any atom is 0.413 e. The molecule has 0 saturated carbocycles. The number of thioether (sulfide) groups is 1. The van der Waals surface area contributed by atoms with Gasteiger partial charge >= 0.3 is 6.09 Å². The Hall–Kier alpha value is -0.750. The molecule has 0 aliphatic rings. The first-order valence-corrected chi connectivity index (χ1v) is 5.19. The quantitative estimate of drug-likeness (QED) is 0.717. The van der Waals surface area contributed by atoms with Gasteiger partial charge in [-0.15, -0.1) is 11.8 Å². The molecule has 0 bridgehead atoms. The molecule has 0 aromatic carbocycles. The summed E-state index contributed by atoms with van der Waals surface area (Å²) in [6.45, 7) is 3.45. The van der Waals surface area contributed by atoms with Crippen LogP contribution in [-0.4, -0.2) is 41.3 Å². The van der Waals surface area contributed by atoms with Gasteiger partial charge < -0.3 is 9.84 Å². The number of aliphatic hydroxyl groups excluding tert-OH is 1. The number of carbonyl (C=O) groups is 2. The Kier molecular flexibility index (Phi) is 6.31. The lowest BCUT2D eigenvalue weighted by atomic mass is 10.3. The molecule has 2 N–H and O–H groups in total. The van der Waals surface area contributed by atoms with Crippen LogP contribution in [0.4, 0.5) is 4.79 Å². The second-order valence-electron chi connectivity index (χ2n) is 2.80. The first-order chi connectivity index (χ1) is 6.47. The molecule has 0 heterocycles. The number of nitrogens with one attached hydrogen (secondary N) is 1. The van der Waals surface area contributed by atoms with Crippen molar-refractivity contribution in [1.82, 2.24) is 5.32 Å². The first kappa shape index (κ1) is 13.2. The number of ether oxygens (including phenoxy) is 1. The molecule has 0 spiro atoms. The zero-order valence-corrected chi connectivity index (χ0v) is 9.26. The average molecular weight is 221 g/mol. The molecule has 0 aromatic heterocycles. The van der Waals surface area contributed by atoms with Crippen molar-refractivity contribution >= 4 is 23.8 Å². The summed E-state index contributed by atoms with van der Waals surface area (Å²) in [5.41, 5.74) is 0. The third-order valence-electron chi connectivity index (χ3n) is 1.58. The molecule has 2 unspecified atom stereocenters. The molecule has 0 aliphatic heterocycles. The maximum atomic E-state index is 11.0. The smallest absolute Gasteiger partial charge is 0.413 e. The van der Waals surface area contributed by atoms with E-state index in [9.17, 15) is 9.59 Å². The third kappa shape index (κ3) is 5.82. The van der Waals surface area contributed by atoms with E-state index < -0.39 is 18.1 Å². The van der Waals surface area contributed by atoms with Crippen molar-refractivity contribution in [1.29, 1.82) is 0 Å². The van der Waals surface area contributed by atoms with E-state index in [1.807, 2.05) is 5.32 Å². The highest BCUT2D eigenvalue weighted by atomic mass is 32.2. The predicted octanol–water partition coefficient (Wildman–Crippen LogP) is 0.371. The minimum atomic E-state index is -0.764. The summed E-state index contributed by atoms with van der Waals surface area (Å²) in [5, 5.41) is 11.1. The van der Waals surface area contributed by atoms with Crippen LogP contribution in [0, 0.1) is 0 Å². The van der Waals surface area contributed by atoms with Crippen molar-refractivity contribution in [3.63, 3.8) is 0 Å². The number of amides is 2. The Bertz CT molecular complexity index is 208. The van der Waals surface area contributed by atoms with Crippen LogP contribution in [0.2, 0.25) is 0 Å². The van der Waals surface area contributed by atoms with Crippen LogP contribution in [0.3, 0.4) is 0 Å². The average Bonchev–Trinajstić information content (AvgIpc) is 2.13. The molecule has 2 amide bonds. The largest absolute Gasteiger partial charge is 0.453 e. The van der Waals surface area contributed by atoms with Gasteiger partial charge in [0.15, 0.2) is 0 Å². The van der Waals surface area contributed by atoms with Crippen LogP contribution in [0.25, 0.3) is 0 Å². The summed E-state index contributed by atoms with van der Waals surface area (Å²) < 4.78 is 4.25. The molecule has 0 fully saturated rings. The summed E-state index contributed by atoms with van der Waals surface area (Å²) in [6, 6.07) is 0. The van der Waals surface area contributed by atoms with Crippen molar-refractivity contribution in [3.8, 4) is 0 Å². The molecule has 82 valence electrons. The van der Waals surface area contributed by atoms with E-state index in [0.717, 1.165) is 0 Å². The highest BCUT2D eigenvalue weighted by Crippen LogP contribution is 2.13. The van der Waals surface area contributed by atoms with Gasteiger partial charge in [-0.1, -0.05) is 6.92 Å². The Morgan fingerprint density at radius 1 is 1.50 bits per heavy atom. The normalized spacial score (nSPS) is 14.3. The van der Waals surface area contributed by atoms with Gasteiger partial charge in [0.2, 0.25) is 5.91 Å². The fourth-order valence-electron chi connectivity index (χ4n) is 0.547. The van der Waals surface area contributed by atoms with Gasteiger partial charge in [-0.05, 0) is 6.92 Å². The van der Waals surface area contributed by atoms with Gasteiger partial charge in [0.1, 0.15) is 0 Å². The number of carbonyl (C=O) groups excluding carboxylic acids is 2. The molecular formula is C8H15NO4S. The number of methoxy groups -OCH3 is 1. The molecule has 2 atom stereocenters. The fourth-order valence-corrected chi connectivity index (χ4v) is 1.31. The molecule has 0 saturated heterocycles. The van der Waals surface area contributed by atoms with Crippen LogP contribution in [-0.2, 0) is 9.53 Å². The number of aliphatic hydroxyl groups is 1. The summed E-state index contributed by atoms with van der Waals surface area (Å²) >= 11 is 1.28. The summed E-state index contributed by atoms with van der Waals surface area (Å²) in [4.78, 5) is 21.6. The van der Waals surface area contributed by atoms with Crippen LogP contribution >= 0.6 is 11.8 Å². The SMILES string of the molecule is COC(=O)NC(=O)CSC(C)C(C)O. The molecule has 0 aliphatic carbocycles. The van der Waals surface area contributed by atoms with Crippen molar-refractivity contribution < 1.29 is 19.4 Å². The van der Waals surface area contributed by atoms with Crippen LogP contribution in [0.5, 0.6) is 0 Å². The first-order valence-electron chi connectivity index (χ1n) is 4.14. The standard InChI is InChI=1S/C8H15NO4S/c1-5(10)6(2)14-4-7(11)9-8(12)13-3/h5-6,10H,4H2,1-3H3,(H,9,11,12). The molecule has 0 radical (unpaired) electrons. The van der Waals surface area contributed by atoms with E-state index in [-0.39, 0.29) is 11.0 Å². The molecular weight excluding hydrogens is 206 g/mol. The van der Waals surface area contributed by atoms with E-state index >= 15 is 0 Å². The van der Waals surface area contributed by atoms with E-state index in [1.54, 1.807) is 13.8 Å². The van der Waals surface area contributed by atoms with Gasteiger partial charge in [0.05, 0.1) is 19.0 Å². The molecule has 0 rings (SSSR count). The highest BCUT2D eigenvalue weighted by molar-refractivity contribution is 8.00. The van der Waals surface area contributed by atoms with E-state index in [1.165, 1.54) is 18.9 Å². The Balaban J connectivity index is 3.69.